The van der Waals surface area contributed by atoms with Crippen LogP contribution in [0.25, 0.3) is 0 Å². The summed E-state index contributed by atoms with van der Waals surface area (Å²) in [7, 11) is -3.50. The molecule has 25 heavy (non-hydrogen) atoms. The van der Waals surface area contributed by atoms with Crippen LogP contribution in [0.2, 0.25) is 0 Å². The van der Waals surface area contributed by atoms with E-state index in [1.807, 2.05) is 36.4 Å². The highest BCUT2D eigenvalue weighted by molar-refractivity contribution is 7.89. The van der Waals surface area contributed by atoms with E-state index in [1.165, 1.54) is 4.31 Å². The van der Waals surface area contributed by atoms with Gasteiger partial charge < -0.3 is 5.32 Å². The molecule has 132 valence electrons. The number of hydrogen-bond donors (Lipinski definition) is 1. The van der Waals surface area contributed by atoms with Crippen LogP contribution in [0.15, 0.2) is 59.5 Å². The van der Waals surface area contributed by atoms with E-state index in [0.29, 0.717) is 30.8 Å². The molecule has 1 amide bonds. The molecule has 0 aliphatic carbocycles. The molecule has 3 rings (SSSR count). The highest BCUT2D eigenvalue weighted by Gasteiger charge is 2.32. The Balaban J connectivity index is 1.64. The third-order valence-electron chi connectivity index (χ3n) is 4.58. The Hall–Kier alpha value is -2.18. The number of carbonyl (C=O) groups is 1. The van der Waals surface area contributed by atoms with Crippen molar-refractivity contribution < 1.29 is 13.2 Å². The molecule has 0 atom stereocenters. The molecule has 0 bridgehead atoms. The summed E-state index contributed by atoms with van der Waals surface area (Å²) < 4.78 is 27.1. The number of sulfonamides is 1. The number of anilines is 1. The van der Waals surface area contributed by atoms with Gasteiger partial charge in [-0.15, -0.1) is 0 Å². The largest absolute Gasteiger partial charge is 0.326 e. The van der Waals surface area contributed by atoms with Crippen LogP contribution in [0, 0.1) is 12.8 Å². The number of nitrogens with one attached hydrogen (secondary N) is 1. The summed E-state index contributed by atoms with van der Waals surface area (Å²) >= 11 is 0. The molecule has 0 radical (unpaired) electrons. The van der Waals surface area contributed by atoms with Gasteiger partial charge in [0.25, 0.3) is 0 Å². The van der Waals surface area contributed by atoms with Gasteiger partial charge >= 0.3 is 0 Å². The SMILES string of the molecule is Cc1ccccc1S(=O)(=O)N1CCC(C(=O)Nc2ccccc2)CC1. The van der Waals surface area contributed by atoms with Crippen molar-refractivity contribution in [3.63, 3.8) is 0 Å². The standard InChI is InChI=1S/C19H22N2O3S/c1-15-7-5-6-10-18(15)25(23,24)21-13-11-16(12-14-21)19(22)20-17-8-3-2-4-9-17/h2-10,16H,11-14H2,1H3,(H,20,22). The van der Waals surface area contributed by atoms with Gasteiger partial charge in [0.1, 0.15) is 0 Å². The fraction of sp³-hybridized carbons (Fsp3) is 0.316. The summed E-state index contributed by atoms with van der Waals surface area (Å²) in [6.07, 6.45) is 1.06. The molecule has 2 aromatic carbocycles. The number of rotatable bonds is 4. The highest BCUT2D eigenvalue weighted by Crippen LogP contribution is 2.26. The molecular formula is C19H22N2O3S. The van der Waals surface area contributed by atoms with Crippen LogP contribution in [0.1, 0.15) is 18.4 Å². The van der Waals surface area contributed by atoms with Crippen LogP contribution in [-0.4, -0.2) is 31.7 Å². The lowest BCUT2D eigenvalue weighted by Gasteiger charge is -2.31. The molecule has 1 aliphatic heterocycles. The van der Waals surface area contributed by atoms with Crippen LogP contribution < -0.4 is 5.32 Å². The van der Waals surface area contributed by atoms with Crippen molar-refractivity contribution in [2.45, 2.75) is 24.7 Å². The summed E-state index contributed by atoms with van der Waals surface area (Å²) in [5, 5.41) is 2.90. The molecule has 2 aromatic rings. The average Bonchev–Trinajstić information content (AvgIpc) is 2.63. The van der Waals surface area contributed by atoms with Crippen molar-refractivity contribution in [2.75, 3.05) is 18.4 Å². The number of nitrogens with zero attached hydrogens (tertiary/aromatic N) is 1. The molecule has 1 N–H and O–H groups in total. The van der Waals surface area contributed by atoms with Crippen molar-refractivity contribution in [1.29, 1.82) is 0 Å². The maximum atomic E-state index is 12.8. The molecule has 0 aromatic heterocycles. The molecule has 0 spiro atoms. The lowest BCUT2D eigenvalue weighted by Crippen LogP contribution is -2.41. The van der Waals surface area contributed by atoms with Gasteiger partial charge in [0.05, 0.1) is 4.90 Å². The van der Waals surface area contributed by atoms with Crippen LogP contribution >= 0.6 is 0 Å². The Labute approximate surface area is 148 Å². The first-order valence-electron chi connectivity index (χ1n) is 8.40. The Morgan fingerprint density at radius 1 is 1.00 bits per heavy atom. The van der Waals surface area contributed by atoms with Gasteiger partial charge in [-0.3, -0.25) is 4.79 Å². The van der Waals surface area contributed by atoms with Crippen LogP contribution in [0.3, 0.4) is 0 Å². The Kier molecular flexibility index (Phi) is 5.20. The summed E-state index contributed by atoms with van der Waals surface area (Å²) in [5.74, 6) is -0.206. The quantitative estimate of drug-likeness (QED) is 0.913. The number of piperidine rings is 1. The Morgan fingerprint density at radius 2 is 1.60 bits per heavy atom. The van der Waals surface area contributed by atoms with Gasteiger partial charge in [0.15, 0.2) is 0 Å². The predicted molar refractivity (Wildman–Crippen MR) is 97.7 cm³/mol. The maximum Gasteiger partial charge on any atom is 0.243 e. The summed E-state index contributed by atoms with van der Waals surface area (Å²) in [6.45, 7) is 2.53. The van der Waals surface area contributed by atoms with E-state index in [9.17, 15) is 13.2 Å². The lowest BCUT2D eigenvalue weighted by atomic mass is 9.97. The van der Waals surface area contributed by atoms with E-state index in [4.69, 9.17) is 0 Å². The van der Waals surface area contributed by atoms with Crippen molar-refractivity contribution in [3.05, 3.63) is 60.2 Å². The summed E-state index contributed by atoms with van der Waals surface area (Å²) in [4.78, 5) is 12.7. The first-order valence-corrected chi connectivity index (χ1v) is 9.84. The number of para-hydroxylation sites is 1. The van der Waals surface area contributed by atoms with Gasteiger partial charge in [0, 0.05) is 24.7 Å². The van der Waals surface area contributed by atoms with Gasteiger partial charge in [-0.25, -0.2) is 8.42 Å². The Morgan fingerprint density at radius 3 is 2.24 bits per heavy atom. The molecule has 1 aliphatic rings. The van der Waals surface area contributed by atoms with E-state index < -0.39 is 10.0 Å². The molecule has 0 saturated carbocycles. The fourth-order valence-corrected chi connectivity index (χ4v) is 4.80. The van der Waals surface area contributed by atoms with E-state index in [-0.39, 0.29) is 11.8 Å². The summed E-state index contributed by atoms with van der Waals surface area (Å²) in [5.41, 5.74) is 1.51. The van der Waals surface area contributed by atoms with Crippen molar-refractivity contribution in [2.24, 2.45) is 5.92 Å². The fourth-order valence-electron chi connectivity index (χ4n) is 3.11. The second-order valence-corrected chi connectivity index (χ2v) is 8.21. The zero-order chi connectivity index (χ0) is 17.9. The van der Waals surface area contributed by atoms with Crippen molar-refractivity contribution >= 4 is 21.6 Å². The van der Waals surface area contributed by atoms with Gasteiger partial charge in [-0.1, -0.05) is 36.4 Å². The average molecular weight is 358 g/mol. The molecular weight excluding hydrogens is 336 g/mol. The monoisotopic (exact) mass is 358 g/mol. The van der Waals surface area contributed by atoms with Crippen LogP contribution in [0.4, 0.5) is 5.69 Å². The van der Waals surface area contributed by atoms with Crippen LogP contribution in [0.5, 0.6) is 0 Å². The maximum absolute atomic E-state index is 12.8. The number of carbonyl (C=O) groups excluding carboxylic acids is 1. The summed E-state index contributed by atoms with van der Waals surface area (Å²) in [6, 6.07) is 16.3. The zero-order valence-corrected chi connectivity index (χ0v) is 15.0. The van der Waals surface area contributed by atoms with Crippen molar-refractivity contribution in [3.8, 4) is 0 Å². The number of amides is 1. The van der Waals surface area contributed by atoms with Crippen LogP contribution in [-0.2, 0) is 14.8 Å². The number of aryl methyl sites for hydroxylation is 1. The second kappa shape index (κ2) is 7.37. The first kappa shape index (κ1) is 17.6. The number of benzene rings is 2. The third-order valence-corrected chi connectivity index (χ3v) is 6.64. The van der Waals surface area contributed by atoms with Gasteiger partial charge in [-0.2, -0.15) is 4.31 Å². The Bertz CT molecular complexity index is 842. The number of hydrogen-bond acceptors (Lipinski definition) is 3. The van der Waals surface area contributed by atoms with E-state index in [2.05, 4.69) is 5.32 Å². The topological polar surface area (TPSA) is 66.5 Å². The highest BCUT2D eigenvalue weighted by atomic mass is 32.2. The molecule has 6 heteroatoms. The molecule has 5 nitrogen and oxygen atoms in total. The third kappa shape index (κ3) is 3.91. The minimum Gasteiger partial charge on any atom is -0.326 e. The zero-order valence-electron chi connectivity index (χ0n) is 14.2. The second-order valence-electron chi connectivity index (χ2n) is 6.30. The van der Waals surface area contributed by atoms with E-state index in [0.717, 1.165) is 11.3 Å². The predicted octanol–water partition coefficient (Wildman–Crippen LogP) is 3.03. The first-order chi connectivity index (χ1) is 12.0. The minimum atomic E-state index is -3.50. The molecule has 0 unspecified atom stereocenters. The normalized spacial score (nSPS) is 16.5. The van der Waals surface area contributed by atoms with Gasteiger partial charge in [-0.05, 0) is 43.5 Å². The smallest absolute Gasteiger partial charge is 0.243 e. The van der Waals surface area contributed by atoms with E-state index >= 15 is 0 Å². The molecule has 1 heterocycles. The van der Waals surface area contributed by atoms with Gasteiger partial charge in [0.2, 0.25) is 15.9 Å². The lowest BCUT2D eigenvalue weighted by molar-refractivity contribution is -0.120. The van der Waals surface area contributed by atoms with Crippen molar-refractivity contribution in [1.82, 2.24) is 4.31 Å². The minimum absolute atomic E-state index is 0.0425. The molecule has 1 fully saturated rings. The van der Waals surface area contributed by atoms with E-state index in [1.54, 1.807) is 25.1 Å². The molecule has 1 saturated heterocycles.